The van der Waals surface area contributed by atoms with Crippen LogP contribution in [0.15, 0.2) is 35.3 Å². The molecule has 0 aliphatic carbocycles. The lowest BCUT2D eigenvalue weighted by Crippen LogP contribution is -2.42. The zero-order valence-corrected chi connectivity index (χ0v) is 17.4. The van der Waals surface area contributed by atoms with Gasteiger partial charge in [-0.2, -0.15) is 0 Å². The lowest BCUT2D eigenvalue weighted by Gasteiger charge is -2.16. The molecular weight excluding hydrogens is 431 g/mol. The second-order valence-electron chi connectivity index (χ2n) is 6.13. The molecule has 6 nitrogen and oxygen atoms in total. The van der Waals surface area contributed by atoms with Crippen LogP contribution in [0.1, 0.15) is 18.4 Å². The summed E-state index contributed by atoms with van der Waals surface area (Å²) in [5.41, 5.74) is 1.27. The molecule has 1 aliphatic heterocycles. The topological polar surface area (TPSA) is 66.0 Å². The van der Waals surface area contributed by atoms with E-state index in [1.807, 2.05) is 18.2 Å². The van der Waals surface area contributed by atoms with Gasteiger partial charge in [-0.25, -0.2) is 4.99 Å². The van der Waals surface area contributed by atoms with Crippen molar-refractivity contribution in [2.24, 2.45) is 4.99 Å². The third-order valence-electron chi connectivity index (χ3n) is 3.94. The van der Waals surface area contributed by atoms with E-state index in [1.165, 1.54) is 5.56 Å². The first-order valence-electron chi connectivity index (χ1n) is 8.53. The number of ether oxygens (including phenoxy) is 1. The molecule has 1 atom stereocenters. The third-order valence-corrected chi connectivity index (χ3v) is 3.94. The standard InChI is InChI=1S/C18H28N4O2.HI/c1-22(2)17(23)14-21-18(20-13-16-9-6-12-24-16)19-11-10-15-7-4-3-5-8-15;/h3-5,7-8,16H,6,9-14H2,1-2H3,(H2,19,20,21);1H. The number of nitrogens with zero attached hydrogens (tertiary/aromatic N) is 2. The zero-order chi connectivity index (χ0) is 17.2. The summed E-state index contributed by atoms with van der Waals surface area (Å²) in [6, 6.07) is 10.3. The molecule has 7 heteroatoms. The smallest absolute Gasteiger partial charge is 0.243 e. The number of halogens is 1. The van der Waals surface area contributed by atoms with Gasteiger partial charge in [0.25, 0.3) is 0 Å². The SMILES string of the molecule is CN(C)C(=O)CN=C(NCCc1ccccc1)NCC1CCCO1.I. The summed E-state index contributed by atoms with van der Waals surface area (Å²) >= 11 is 0. The number of hydrogen-bond acceptors (Lipinski definition) is 3. The van der Waals surface area contributed by atoms with Gasteiger partial charge in [-0.15, -0.1) is 24.0 Å². The number of nitrogens with one attached hydrogen (secondary N) is 2. The van der Waals surface area contributed by atoms with Crippen LogP contribution in [0.4, 0.5) is 0 Å². The molecule has 1 aromatic rings. The molecule has 1 heterocycles. The van der Waals surface area contributed by atoms with E-state index >= 15 is 0 Å². The highest BCUT2D eigenvalue weighted by molar-refractivity contribution is 14.0. The lowest BCUT2D eigenvalue weighted by molar-refractivity contribution is -0.127. The van der Waals surface area contributed by atoms with E-state index in [0.717, 1.165) is 32.4 Å². The fourth-order valence-corrected chi connectivity index (χ4v) is 2.45. The Morgan fingerprint density at radius 3 is 2.68 bits per heavy atom. The molecule has 140 valence electrons. The van der Waals surface area contributed by atoms with Crippen LogP contribution >= 0.6 is 24.0 Å². The van der Waals surface area contributed by atoms with Gasteiger partial charge in [-0.3, -0.25) is 4.79 Å². The number of carbonyl (C=O) groups is 1. The zero-order valence-electron chi connectivity index (χ0n) is 15.0. The molecule has 0 spiro atoms. The normalized spacial score (nSPS) is 16.9. The fraction of sp³-hybridized carbons (Fsp3) is 0.556. The van der Waals surface area contributed by atoms with Crippen LogP contribution in [0, 0.1) is 0 Å². The molecule has 0 aromatic heterocycles. The molecule has 25 heavy (non-hydrogen) atoms. The lowest BCUT2D eigenvalue weighted by atomic mass is 10.1. The Balaban J connectivity index is 0.00000312. The molecule has 1 aromatic carbocycles. The van der Waals surface area contributed by atoms with E-state index in [9.17, 15) is 4.79 Å². The van der Waals surface area contributed by atoms with Gasteiger partial charge in [0, 0.05) is 33.8 Å². The minimum atomic E-state index is -0.0173. The third kappa shape index (κ3) is 8.53. The maximum atomic E-state index is 11.7. The summed E-state index contributed by atoms with van der Waals surface area (Å²) in [7, 11) is 3.47. The molecule has 0 radical (unpaired) electrons. The van der Waals surface area contributed by atoms with Crippen molar-refractivity contribution in [2.75, 3.05) is 40.3 Å². The van der Waals surface area contributed by atoms with E-state index in [1.54, 1.807) is 19.0 Å². The monoisotopic (exact) mass is 460 g/mol. The predicted octanol–water partition coefficient (Wildman–Crippen LogP) is 1.65. The number of hydrogen-bond donors (Lipinski definition) is 2. The highest BCUT2D eigenvalue weighted by Crippen LogP contribution is 2.10. The van der Waals surface area contributed by atoms with E-state index < -0.39 is 0 Å². The number of guanidine groups is 1. The van der Waals surface area contributed by atoms with Gasteiger partial charge < -0.3 is 20.3 Å². The van der Waals surface area contributed by atoms with Crippen molar-refractivity contribution in [1.82, 2.24) is 15.5 Å². The molecule has 1 fully saturated rings. The van der Waals surface area contributed by atoms with Crippen molar-refractivity contribution in [2.45, 2.75) is 25.4 Å². The van der Waals surface area contributed by atoms with Crippen LogP contribution in [0.3, 0.4) is 0 Å². The van der Waals surface area contributed by atoms with Crippen LogP contribution in [0.5, 0.6) is 0 Å². The van der Waals surface area contributed by atoms with Crippen LogP contribution in [0.2, 0.25) is 0 Å². The Bertz CT molecular complexity index is 531. The van der Waals surface area contributed by atoms with E-state index in [0.29, 0.717) is 12.5 Å². The van der Waals surface area contributed by atoms with Crippen LogP contribution in [0.25, 0.3) is 0 Å². The molecule has 1 amide bonds. The first-order chi connectivity index (χ1) is 11.6. The van der Waals surface area contributed by atoms with Gasteiger partial charge in [-0.1, -0.05) is 30.3 Å². The molecule has 0 saturated carbocycles. The van der Waals surface area contributed by atoms with Crippen molar-refractivity contribution in [3.63, 3.8) is 0 Å². The first-order valence-corrected chi connectivity index (χ1v) is 8.53. The average molecular weight is 460 g/mol. The molecular formula is C18H29IN4O2. The van der Waals surface area contributed by atoms with Crippen molar-refractivity contribution >= 4 is 35.8 Å². The second kappa shape index (κ2) is 12.1. The highest BCUT2D eigenvalue weighted by Gasteiger charge is 2.15. The Kier molecular flexibility index (Phi) is 10.5. The van der Waals surface area contributed by atoms with Crippen LogP contribution in [-0.4, -0.2) is 63.2 Å². The average Bonchev–Trinajstić information content (AvgIpc) is 3.10. The number of likely N-dealkylation sites (N-methyl/N-ethyl adjacent to an activating group) is 1. The Morgan fingerprint density at radius 2 is 2.04 bits per heavy atom. The van der Waals surface area contributed by atoms with E-state index in [4.69, 9.17) is 4.74 Å². The van der Waals surface area contributed by atoms with E-state index in [2.05, 4.69) is 27.8 Å². The predicted molar refractivity (Wildman–Crippen MR) is 112 cm³/mol. The van der Waals surface area contributed by atoms with Crippen LogP contribution < -0.4 is 10.6 Å². The molecule has 1 unspecified atom stereocenters. The summed E-state index contributed by atoms with van der Waals surface area (Å²) in [6.07, 6.45) is 3.32. The van der Waals surface area contributed by atoms with Crippen molar-refractivity contribution in [3.8, 4) is 0 Å². The van der Waals surface area contributed by atoms with Gasteiger partial charge in [0.1, 0.15) is 6.54 Å². The first kappa shape index (κ1) is 21.7. The van der Waals surface area contributed by atoms with Crippen molar-refractivity contribution in [1.29, 1.82) is 0 Å². The highest BCUT2D eigenvalue weighted by atomic mass is 127. The van der Waals surface area contributed by atoms with Crippen LogP contribution in [-0.2, 0) is 16.0 Å². The number of benzene rings is 1. The van der Waals surface area contributed by atoms with Gasteiger partial charge in [-0.05, 0) is 24.8 Å². The van der Waals surface area contributed by atoms with E-state index in [-0.39, 0.29) is 42.5 Å². The number of aliphatic imine (C=N–C) groups is 1. The molecule has 1 aliphatic rings. The molecule has 2 N–H and O–H groups in total. The summed E-state index contributed by atoms with van der Waals surface area (Å²) in [6.45, 7) is 2.45. The van der Waals surface area contributed by atoms with Crippen molar-refractivity contribution in [3.05, 3.63) is 35.9 Å². The summed E-state index contributed by atoms with van der Waals surface area (Å²) in [4.78, 5) is 17.7. The number of amides is 1. The van der Waals surface area contributed by atoms with Gasteiger partial charge in [0.05, 0.1) is 6.10 Å². The number of rotatable bonds is 7. The molecule has 0 bridgehead atoms. The van der Waals surface area contributed by atoms with Gasteiger partial charge in [0.2, 0.25) is 5.91 Å². The summed E-state index contributed by atoms with van der Waals surface area (Å²) in [5, 5.41) is 6.58. The maximum absolute atomic E-state index is 11.7. The molecule has 1 saturated heterocycles. The van der Waals surface area contributed by atoms with Gasteiger partial charge in [0.15, 0.2) is 5.96 Å². The largest absolute Gasteiger partial charge is 0.376 e. The maximum Gasteiger partial charge on any atom is 0.243 e. The number of carbonyl (C=O) groups excluding carboxylic acids is 1. The fourth-order valence-electron chi connectivity index (χ4n) is 2.45. The quantitative estimate of drug-likeness (QED) is 0.369. The Hall–Kier alpha value is -1.35. The summed E-state index contributed by atoms with van der Waals surface area (Å²) < 4.78 is 5.62. The minimum absolute atomic E-state index is 0. The minimum Gasteiger partial charge on any atom is -0.376 e. The van der Waals surface area contributed by atoms with Gasteiger partial charge >= 0.3 is 0 Å². The Morgan fingerprint density at radius 1 is 1.28 bits per heavy atom. The summed E-state index contributed by atoms with van der Waals surface area (Å²) in [5.74, 6) is 0.646. The van der Waals surface area contributed by atoms with Crippen molar-refractivity contribution < 1.29 is 9.53 Å². The molecule has 2 rings (SSSR count). The second-order valence-corrected chi connectivity index (χ2v) is 6.13. The Labute approximate surface area is 167 Å².